The topological polar surface area (TPSA) is 62.2 Å². The Kier molecular flexibility index (Phi) is 9.35. The summed E-state index contributed by atoms with van der Waals surface area (Å²) >= 11 is 0. The average molecular weight is 407 g/mol. The Balaban J connectivity index is 0.00000264. The second-order valence-electron chi connectivity index (χ2n) is 5.71. The van der Waals surface area contributed by atoms with E-state index in [4.69, 9.17) is 10.5 Å². The molecule has 1 unspecified atom stereocenters. The van der Waals surface area contributed by atoms with Gasteiger partial charge in [0, 0.05) is 32.9 Å². The largest absolute Gasteiger partial charge is 0.450 e. The smallest absolute Gasteiger partial charge is 0.0571 e. The summed E-state index contributed by atoms with van der Waals surface area (Å²) in [6.07, 6.45) is 6.70. The quantitative estimate of drug-likeness (QED) is 0.514. The van der Waals surface area contributed by atoms with Crippen LogP contribution in [0.1, 0.15) is 47.6 Å². The van der Waals surface area contributed by atoms with Gasteiger partial charge in [-0.05, 0) is 56.3 Å². The monoisotopic (exact) mass is 406 g/mol. The summed E-state index contributed by atoms with van der Waals surface area (Å²) in [6.45, 7) is 6.48. The molecule has 0 aliphatic carbocycles. The van der Waals surface area contributed by atoms with Gasteiger partial charge in [-0.1, -0.05) is 36.4 Å². The van der Waals surface area contributed by atoms with Crippen LogP contribution in [-0.4, -0.2) is 24.7 Å². The first-order valence-electron chi connectivity index (χ1n) is 8.00. The Morgan fingerprint density at radius 2 is 2.04 bits per heavy atom. The summed E-state index contributed by atoms with van der Waals surface area (Å²) in [5.74, 6) is 0.150. The molecule has 2 rings (SSSR count). The molecule has 0 aliphatic rings. The van der Waals surface area contributed by atoms with Crippen LogP contribution in [0.3, 0.4) is 0 Å². The van der Waals surface area contributed by atoms with Crippen LogP contribution in [0.2, 0.25) is 0 Å². The van der Waals surface area contributed by atoms with E-state index in [9.17, 15) is 0 Å². The first kappa shape index (κ1) is 20.1. The molecule has 2 aromatic rings. The molecule has 1 heterocycles. The molecule has 0 saturated carbocycles. The number of ether oxygens (including phenoxy) is 1. The molecule has 1 aromatic carbocycles. The van der Waals surface area contributed by atoms with Crippen molar-refractivity contribution in [1.29, 1.82) is 0 Å². The molecular weight excluding hydrogens is 381 g/mol. The molecule has 0 saturated heterocycles. The van der Waals surface area contributed by atoms with Gasteiger partial charge in [0.05, 0.1) is 6.61 Å². The minimum Gasteiger partial charge on any atom is -0.450 e. The second-order valence-corrected chi connectivity index (χ2v) is 5.71. The fourth-order valence-electron chi connectivity index (χ4n) is 2.64. The Bertz CT molecular complexity index is 557. The average Bonchev–Trinajstić information content (AvgIpc) is 3.04. The number of unbranched alkanes of at least 4 members (excludes halogenated alkanes) is 2. The van der Waals surface area contributed by atoms with E-state index >= 15 is 0 Å². The molecule has 130 valence electrons. The summed E-state index contributed by atoms with van der Waals surface area (Å²) in [5, 5.41) is 0. The second kappa shape index (κ2) is 10.7. The molecule has 2 N–H and O–H groups in total. The summed E-state index contributed by atoms with van der Waals surface area (Å²) in [6, 6.07) is 6.40. The molecule has 0 bridgehead atoms. The molecule has 1 atom stereocenters. The van der Waals surface area contributed by atoms with E-state index < -0.39 is 0 Å². The number of hydrogen-bond acceptors (Lipinski definition) is 3. The number of aromatic nitrogens is 2. The maximum atomic E-state index is 5.91. The van der Waals surface area contributed by atoms with Crippen molar-refractivity contribution in [2.24, 2.45) is 5.73 Å². The van der Waals surface area contributed by atoms with Crippen LogP contribution in [0.4, 0.5) is 0 Å². The number of aryl methyl sites for hydroxylation is 1. The van der Waals surface area contributed by atoms with Gasteiger partial charge in [0.2, 0.25) is 0 Å². The van der Waals surface area contributed by atoms with Crippen LogP contribution in [0, 0.1) is 13.8 Å². The molecule has 0 radical (unpaired) electrons. The zero-order valence-electron chi connectivity index (χ0n) is 13.9. The van der Waals surface area contributed by atoms with Crippen molar-refractivity contribution < 1.29 is 25.2 Å². The van der Waals surface area contributed by atoms with Gasteiger partial charge < -0.3 is 20.4 Å². The zero-order chi connectivity index (χ0) is 15.8. The molecule has 23 heavy (non-hydrogen) atoms. The minimum absolute atomic E-state index is 0. The number of imidazole rings is 1. The van der Waals surface area contributed by atoms with Crippen molar-refractivity contribution in [1.82, 2.24) is 9.97 Å². The van der Waals surface area contributed by atoms with Crippen molar-refractivity contribution in [2.45, 2.75) is 39.0 Å². The number of nitrogens with two attached hydrogens (primary N) is 1. The maximum absolute atomic E-state index is 5.91. The Labute approximate surface area is 152 Å². The van der Waals surface area contributed by atoms with Crippen molar-refractivity contribution in [2.75, 3.05) is 19.8 Å². The van der Waals surface area contributed by atoms with Gasteiger partial charge in [-0.3, -0.25) is 0 Å². The molecule has 0 fully saturated rings. The van der Waals surface area contributed by atoms with Gasteiger partial charge in [0.1, 0.15) is 0 Å². The number of nitrogens with zero attached hydrogens (tertiary/aromatic N) is 2. The van der Waals surface area contributed by atoms with Crippen LogP contribution >= 0.6 is 0 Å². The molecule has 0 amide bonds. The summed E-state index contributed by atoms with van der Waals surface area (Å²) in [7, 11) is 0. The molecule has 5 heteroatoms. The van der Waals surface area contributed by atoms with Crippen molar-refractivity contribution in [3.63, 3.8) is 0 Å². The minimum atomic E-state index is 0. The third-order valence-electron chi connectivity index (χ3n) is 4.14. The van der Waals surface area contributed by atoms with Gasteiger partial charge >= 0.3 is 0 Å². The summed E-state index contributed by atoms with van der Waals surface area (Å²) < 4.78 is 5.91. The van der Waals surface area contributed by atoms with E-state index in [-0.39, 0.29) is 26.3 Å². The Morgan fingerprint density at radius 3 is 2.74 bits per heavy atom. The van der Waals surface area contributed by atoms with E-state index in [2.05, 4.69) is 42.0 Å². The van der Waals surface area contributed by atoms with E-state index in [1.54, 1.807) is 6.33 Å². The van der Waals surface area contributed by atoms with Gasteiger partial charge in [0.15, 0.2) is 0 Å². The predicted octanol–water partition coefficient (Wildman–Crippen LogP) is 2.93. The van der Waals surface area contributed by atoms with E-state index in [1.165, 1.54) is 16.7 Å². The fourth-order valence-corrected chi connectivity index (χ4v) is 2.64. The molecular formula is C18H26N3OPd-. The Morgan fingerprint density at radius 1 is 1.22 bits per heavy atom. The molecule has 1 aromatic heterocycles. The fraction of sp³-hybridized carbons (Fsp3) is 0.500. The van der Waals surface area contributed by atoms with Gasteiger partial charge in [-0.15, -0.1) is 0 Å². The first-order chi connectivity index (χ1) is 10.7. The third-order valence-corrected chi connectivity index (χ3v) is 4.14. The van der Waals surface area contributed by atoms with Crippen LogP contribution in [0.5, 0.6) is 0 Å². The number of rotatable bonds is 9. The van der Waals surface area contributed by atoms with Crippen LogP contribution in [-0.2, 0) is 25.2 Å². The normalized spacial score (nSPS) is 12.0. The van der Waals surface area contributed by atoms with Crippen LogP contribution in [0.15, 0.2) is 30.7 Å². The molecule has 0 aliphatic heterocycles. The molecule has 0 spiro atoms. The van der Waals surface area contributed by atoms with Crippen molar-refractivity contribution >= 4 is 0 Å². The zero-order valence-corrected chi connectivity index (χ0v) is 15.5. The van der Waals surface area contributed by atoms with Gasteiger partial charge in [-0.25, -0.2) is 0 Å². The standard InChI is InChI=1S/C18H26N3O.Pd/c1-14-7-6-8-16(15(14)2)17(18-11-20-13-21-18)12-22-10-5-3-4-9-19;/h6-8,11,13,17H,3-5,9-10,12,19H2,1-2H3;/q-1;. The SMILES string of the molecule is Cc1cccc(C(COCCCCCN)c2c[n-]cn2)c1C.[Pd]. The third kappa shape index (κ3) is 5.86. The van der Waals surface area contributed by atoms with Gasteiger partial charge in [0.25, 0.3) is 0 Å². The van der Waals surface area contributed by atoms with Crippen LogP contribution < -0.4 is 10.7 Å². The van der Waals surface area contributed by atoms with Crippen molar-refractivity contribution in [3.8, 4) is 0 Å². The molecule has 4 nitrogen and oxygen atoms in total. The number of benzene rings is 1. The summed E-state index contributed by atoms with van der Waals surface area (Å²) in [4.78, 5) is 8.49. The summed E-state index contributed by atoms with van der Waals surface area (Å²) in [5.41, 5.74) is 10.4. The van der Waals surface area contributed by atoms with E-state index in [0.717, 1.165) is 38.1 Å². The van der Waals surface area contributed by atoms with Gasteiger partial charge in [-0.2, -0.15) is 0 Å². The van der Waals surface area contributed by atoms with E-state index in [1.807, 2.05) is 6.20 Å². The number of hydrogen-bond donors (Lipinski definition) is 1. The van der Waals surface area contributed by atoms with Crippen LogP contribution in [0.25, 0.3) is 0 Å². The Hall–Kier alpha value is -0.988. The van der Waals surface area contributed by atoms with Crippen molar-refractivity contribution in [3.05, 3.63) is 53.1 Å². The predicted molar refractivity (Wildman–Crippen MR) is 89.0 cm³/mol. The maximum Gasteiger partial charge on any atom is 0.0571 e. The van der Waals surface area contributed by atoms with E-state index in [0.29, 0.717) is 6.61 Å². The first-order valence-corrected chi connectivity index (χ1v) is 8.00.